The van der Waals surface area contributed by atoms with E-state index in [4.69, 9.17) is 5.73 Å². The molecule has 0 saturated carbocycles. The molecule has 3 nitrogen and oxygen atoms in total. The maximum Gasteiger partial charge on any atom is 0.231 e. The quantitative estimate of drug-likeness (QED) is 0.942. The minimum Gasteiger partial charge on any atom is -0.341 e. The summed E-state index contributed by atoms with van der Waals surface area (Å²) < 4.78 is 0. The number of rotatable bonds is 4. The lowest BCUT2D eigenvalue weighted by molar-refractivity contribution is -0.131. The van der Waals surface area contributed by atoms with Crippen LogP contribution in [-0.2, 0) is 4.79 Å². The van der Waals surface area contributed by atoms with E-state index in [1.165, 1.54) is 5.56 Å². The molecule has 1 saturated heterocycles. The van der Waals surface area contributed by atoms with Gasteiger partial charge in [0.2, 0.25) is 5.91 Å². The highest BCUT2D eigenvalue weighted by Crippen LogP contribution is 2.29. The lowest BCUT2D eigenvalue weighted by Gasteiger charge is -2.23. The molecule has 1 aliphatic rings. The van der Waals surface area contributed by atoms with Crippen molar-refractivity contribution in [1.29, 1.82) is 0 Å². The van der Waals surface area contributed by atoms with E-state index in [-0.39, 0.29) is 11.8 Å². The topological polar surface area (TPSA) is 46.3 Å². The van der Waals surface area contributed by atoms with Crippen molar-refractivity contribution >= 4 is 5.91 Å². The number of carbonyl (C=O) groups is 1. The number of hydrogen-bond acceptors (Lipinski definition) is 2. The Morgan fingerprint density at radius 1 is 1.09 bits per heavy atom. The lowest BCUT2D eigenvalue weighted by atomic mass is 9.97. The maximum atomic E-state index is 12.8. The molecule has 3 rings (SSSR count). The van der Waals surface area contributed by atoms with Crippen molar-refractivity contribution in [2.75, 3.05) is 19.6 Å². The van der Waals surface area contributed by atoms with Crippen molar-refractivity contribution in [1.82, 2.24) is 4.90 Å². The van der Waals surface area contributed by atoms with Gasteiger partial charge in [0.15, 0.2) is 0 Å². The van der Waals surface area contributed by atoms with Gasteiger partial charge < -0.3 is 10.6 Å². The van der Waals surface area contributed by atoms with Gasteiger partial charge in [-0.2, -0.15) is 0 Å². The molecule has 0 aromatic heterocycles. The summed E-state index contributed by atoms with van der Waals surface area (Å²) in [6.07, 6.45) is 1.03. The van der Waals surface area contributed by atoms with Crippen LogP contribution < -0.4 is 5.73 Å². The molecule has 2 aromatic rings. The van der Waals surface area contributed by atoms with Crippen LogP contribution in [-0.4, -0.2) is 30.4 Å². The van der Waals surface area contributed by atoms with Gasteiger partial charge in [0.1, 0.15) is 0 Å². The monoisotopic (exact) mass is 294 g/mol. The van der Waals surface area contributed by atoms with Crippen molar-refractivity contribution in [2.45, 2.75) is 18.3 Å². The number of hydrogen-bond donors (Lipinski definition) is 1. The maximum absolute atomic E-state index is 12.8. The fourth-order valence-electron chi connectivity index (χ4n) is 3.24. The summed E-state index contributed by atoms with van der Waals surface area (Å²) >= 11 is 0. The minimum atomic E-state index is -0.226. The number of likely N-dealkylation sites (tertiary alicyclic amines) is 1. The van der Waals surface area contributed by atoms with E-state index in [1.807, 2.05) is 41.3 Å². The molecule has 1 heterocycles. The van der Waals surface area contributed by atoms with Crippen LogP contribution in [0.1, 0.15) is 29.4 Å². The smallest absolute Gasteiger partial charge is 0.231 e. The number of amides is 1. The van der Waals surface area contributed by atoms with Crippen LogP contribution in [0.5, 0.6) is 0 Å². The van der Waals surface area contributed by atoms with Gasteiger partial charge in [-0.3, -0.25) is 4.79 Å². The molecule has 2 N–H and O–H groups in total. The first-order valence-electron chi connectivity index (χ1n) is 7.88. The fraction of sp³-hybridized carbons (Fsp3) is 0.316. The van der Waals surface area contributed by atoms with Gasteiger partial charge in [-0.15, -0.1) is 0 Å². The Morgan fingerprint density at radius 3 is 2.36 bits per heavy atom. The molecule has 3 heteroatoms. The predicted molar refractivity (Wildman–Crippen MR) is 88.6 cm³/mol. The number of benzene rings is 2. The molecule has 0 radical (unpaired) electrons. The van der Waals surface area contributed by atoms with Gasteiger partial charge in [-0.1, -0.05) is 60.7 Å². The van der Waals surface area contributed by atoms with Gasteiger partial charge in [0, 0.05) is 25.6 Å². The molecule has 0 spiro atoms. The summed E-state index contributed by atoms with van der Waals surface area (Å²) in [5, 5.41) is 0. The molecule has 1 aliphatic heterocycles. The van der Waals surface area contributed by atoms with Crippen LogP contribution in [0.25, 0.3) is 0 Å². The zero-order valence-electron chi connectivity index (χ0n) is 12.7. The molecule has 1 amide bonds. The van der Waals surface area contributed by atoms with E-state index in [2.05, 4.69) is 24.3 Å². The van der Waals surface area contributed by atoms with Gasteiger partial charge in [0.05, 0.1) is 5.92 Å². The lowest BCUT2D eigenvalue weighted by Crippen LogP contribution is -2.36. The average molecular weight is 294 g/mol. The third kappa shape index (κ3) is 3.04. The summed E-state index contributed by atoms with van der Waals surface area (Å²) in [4.78, 5) is 14.8. The number of nitrogens with two attached hydrogens (primary N) is 1. The van der Waals surface area contributed by atoms with E-state index in [1.54, 1.807) is 0 Å². The van der Waals surface area contributed by atoms with Crippen molar-refractivity contribution in [3.63, 3.8) is 0 Å². The molecular formula is C19H22N2O. The van der Waals surface area contributed by atoms with Crippen molar-refractivity contribution < 1.29 is 4.79 Å². The van der Waals surface area contributed by atoms with Gasteiger partial charge in [0.25, 0.3) is 0 Å². The Balaban J connectivity index is 1.71. The standard InChI is InChI=1S/C19H22N2O/c20-13-18(16-9-5-2-6-10-16)19(22)21-12-11-17(14-21)15-7-3-1-4-8-15/h1-10,17-18H,11-14,20H2. The molecular weight excluding hydrogens is 272 g/mol. The second-order valence-corrected chi connectivity index (χ2v) is 5.88. The Hall–Kier alpha value is -2.13. The molecule has 2 aromatic carbocycles. The van der Waals surface area contributed by atoms with Gasteiger partial charge in [-0.05, 0) is 17.5 Å². The highest BCUT2D eigenvalue weighted by atomic mass is 16.2. The summed E-state index contributed by atoms with van der Waals surface area (Å²) in [6.45, 7) is 1.98. The van der Waals surface area contributed by atoms with Crippen LogP contribution in [0.3, 0.4) is 0 Å². The molecule has 114 valence electrons. The summed E-state index contributed by atoms with van der Waals surface area (Å²) in [5.74, 6) is 0.377. The van der Waals surface area contributed by atoms with Crippen LogP contribution in [0.15, 0.2) is 60.7 Å². The van der Waals surface area contributed by atoms with E-state index < -0.39 is 0 Å². The van der Waals surface area contributed by atoms with Crippen molar-refractivity contribution in [3.8, 4) is 0 Å². The molecule has 0 bridgehead atoms. The van der Waals surface area contributed by atoms with Crippen LogP contribution in [0.2, 0.25) is 0 Å². The Bertz CT molecular complexity index is 612. The van der Waals surface area contributed by atoms with E-state index in [0.717, 1.165) is 25.1 Å². The summed E-state index contributed by atoms with van der Waals surface area (Å²) in [5.41, 5.74) is 8.20. The zero-order valence-corrected chi connectivity index (χ0v) is 12.7. The summed E-state index contributed by atoms with van der Waals surface area (Å²) in [6, 6.07) is 20.3. The van der Waals surface area contributed by atoms with E-state index in [0.29, 0.717) is 12.5 Å². The fourth-order valence-corrected chi connectivity index (χ4v) is 3.24. The molecule has 22 heavy (non-hydrogen) atoms. The Labute approximate surface area is 131 Å². The van der Waals surface area contributed by atoms with Crippen LogP contribution in [0, 0.1) is 0 Å². The second-order valence-electron chi connectivity index (χ2n) is 5.88. The largest absolute Gasteiger partial charge is 0.341 e. The Kier molecular flexibility index (Phi) is 4.54. The third-order valence-corrected chi connectivity index (χ3v) is 4.51. The summed E-state index contributed by atoms with van der Waals surface area (Å²) in [7, 11) is 0. The van der Waals surface area contributed by atoms with Crippen molar-refractivity contribution in [3.05, 3.63) is 71.8 Å². The first-order chi connectivity index (χ1) is 10.8. The SMILES string of the molecule is NCC(C(=O)N1CCC(c2ccccc2)C1)c1ccccc1. The second kappa shape index (κ2) is 6.75. The van der Waals surface area contributed by atoms with Gasteiger partial charge >= 0.3 is 0 Å². The molecule has 1 fully saturated rings. The van der Waals surface area contributed by atoms with Crippen LogP contribution in [0.4, 0.5) is 0 Å². The van der Waals surface area contributed by atoms with E-state index in [9.17, 15) is 4.79 Å². The average Bonchev–Trinajstić information content (AvgIpc) is 3.07. The first kappa shape index (κ1) is 14.8. The normalized spacial score (nSPS) is 19.1. The highest BCUT2D eigenvalue weighted by Gasteiger charge is 2.31. The van der Waals surface area contributed by atoms with Gasteiger partial charge in [-0.25, -0.2) is 0 Å². The number of nitrogens with zero attached hydrogens (tertiary/aromatic N) is 1. The Morgan fingerprint density at radius 2 is 1.73 bits per heavy atom. The molecule has 0 aliphatic carbocycles. The third-order valence-electron chi connectivity index (χ3n) is 4.51. The first-order valence-corrected chi connectivity index (χ1v) is 7.88. The van der Waals surface area contributed by atoms with Crippen molar-refractivity contribution in [2.24, 2.45) is 5.73 Å². The minimum absolute atomic E-state index is 0.159. The molecule has 2 unspecified atom stereocenters. The highest BCUT2D eigenvalue weighted by molar-refractivity contribution is 5.84. The molecule has 2 atom stereocenters. The van der Waals surface area contributed by atoms with Crippen LogP contribution >= 0.6 is 0 Å². The number of carbonyl (C=O) groups excluding carboxylic acids is 1. The predicted octanol–water partition coefficient (Wildman–Crippen LogP) is 2.75. The zero-order chi connectivity index (χ0) is 15.4. The van der Waals surface area contributed by atoms with E-state index >= 15 is 0 Å².